The predicted molar refractivity (Wildman–Crippen MR) is 75.4 cm³/mol. The van der Waals surface area contributed by atoms with E-state index in [1.54, 1.807) is 11.3 Å². The Hall–Kier alpha value is -0.650. The van der Waals surface area contributed by atoms with Gasteiger partial charge in [-0.25, -0.2) is 4.98 Å². The first-order chi connectivity index (χ1) is 8.26. The van der Waals surface area contributed by atoms with Gasteiger partial charge in [0, 0.05) is 18.9 Å². The van der Waals surface area contributed by atoms with Crippen molar-refractivity contribution >= 4 is 27.3 Å². The van der Waals surface area contributed by atoms with Gasteiger partial charge >= 0.3 is 0 Å². The Morgan fingerprint density at radius 3 is 3.00 bits per heavy atom. The molecule has 92 valence electrons. The number of aryl methyl sites for hydroxylation is 1. The Morgan fingerprint density at radius 1 is 1.59 bits per heavy atom. The van der Waals surface area contributed by atoms with Crippen LogP contribution in [0.4, 0.5) is 0 Å². The molecule has 0 aliphatic rings. The molecule has 0 fully saturated rings. The quantitative estimate of drug-likeness (QED) is 0.916. The first kappa shape index (κ1) is 12.8. The van der Waals surface area contributed by atoms with Crippen molar-refractivity contribution in [2.24, 2.45) is 0 Å². The third-order valence-electron chi connectivity index (χ3n) is 2.68. The first-order valence-electron chi connectivity index (χ1n) is 5.68. The molecule has 5 heteroatoms. The first-order valence-corrected chi connectivity index (χ1v) is 7.35. The predicted octanol–water partition coefficient (Wildman–Crippen LogP) is 3.43. The van der Waals surface area contributed by atoms with Crippen LogP contribution in [0.15, 0.2) is 27.6 Å². The van der Waals surface area contributed by atoms with Crippen LogP contribution >= 0.6 is 27.3 Å². The van der Waals surface area contributed by atoms with Crippen LogP contribution in [-0.4, -0.2) is 16.6 Å². The molecule has 2 rings (SSSR count). The largest absolute Gasteiger partial charge is 0.333 e. The van der Waals surface area contributed by atoms with Crippen LogP contribution in [0.2, 0.25) is 0 Å². The smallest absolute Gasteiger partial charge is 0.130 e. The molecule has 0 saturated heterocycles. The third kappa shape index (κ3) is 2.78. The van der Waals surface area contributed by atoms with E-state index in [9.17, 15) is 0 Å². The van der Waals surface area contributed by atoms with Gasteiger partial charge in [-0.15, -0.1) is 11.3 Å². The molecule has 0 aliphatic carbocycles. The van der Waals surface area contributed by atoms with Gasteiger partial charge in [0.15, 0.2) is 0 Å². The molecular formula is C12H16BrN3S. The lowest BCUT2D eigenvalue weighted by Crippen LogP contribution is -2.21. The Balaban J connectivity index is 2.31. The third-order valence-corrected chi connectivity index (χ3v) is 4.20. The molecule has 2 aromatic heterocycles. The summed E-state index contributed by atoms with van der Waals surface area (Å²) in [4.78, 5) is 4.48. The van der Waals surface area contributed by atoms with E-state index in [4.69, 9.17) is 0 Å². The zero-order valence-corrected chi connectivity index (χ0v) is 12.4. The second kappa shape index (κ2) is 5.80. The molecule has 1 N–H and O–H groups in total. The van der Waals surface area contributed by atoms with E-state index in [2.05, 4.69) is 49.2 Å². The Kier molecular flexibility index (Phi) is 4.36. The van der Waals surface area contributed by atoms with Crippen molar-refractivity contribution in [2.75, 3.05) is 7.05 Å². The Morgan fingerprint density at radius 2 is 2.41 bits per heavy atom. The monoisotopic (exact) mass is 313 g/mol. The molecule has 0 aromatic carbocycles. The lowest BCUT2D eigenvalue weighted by molar-refractivity contribution is 0.569. The van der Waals surface area contributed by atoms with E-state index >= 15 is 0 Å². The van der Waals surface area contributed by atoms with Crippen LogP contribution in [0, 0.1) is 0 Å². The van der Waals surface area contributed by atoms with Gasteiger partial charge in [-0.2, -0.15) is 0 Å². The van der Waals surface area contributed by atoms with E-state index in [0.717, 1.165) is 22.6 Å². The molecule has 2 heterocycles. The van der Waals surface area contributed by atoms with Gasteiger partial charge in [0.2, 0.25) is 0 Å². The lowest BCUT2D eigenvalue weighted by Gasteiger charge is -2.16. The fourth-order valence-electron chi connectivity index (χ4n) is 1.93. The highest BCUT2D eigenvalue weighted by molar-refractivity contribution is 9.11. The van der Waals surface area contributed by atoms with Crippen LogP contribution in [0.25, 0.3) is 0 Å². The Labute approximate surface area is 114 Å². The maximum Gasteiger partial charge on any atom is 0.130 e. The standard InChI is InChI=1S/C12H16BrN3S/c1-3-5-16-6-4-15-12(16)11(14-2)9-7-10(13)17-8-9/h4,6-8,11,14H,3,5H2,1-2H3. The van der Waals surface area contributed by atoms with Crippen molar-refractivity contribution < 1.29 is 0 Å². The molecule has 0 saturated carbocycles. The van der Waals surface area contributed by atoms with Crippen LogP contribution in [0.1, 0.15) is 30.8 Å². The number of rotatable bonds is 5. The molecule has 3 nitrogen and oxygen atoms in total. The zero-order valence-electron chi connectivity index (χ0n) is 9.98. The number of hydrogen-bond acceptors (Lipinski definition) is 3. The van der Waals surface area contributed by atoms with Gasteiger partial charge in [-0.3, -0.25) is 0 Å². The van der Waals surface area contributed by atoms with Crippen molar-refractivity contribution in [3.63, 3.8) is 0 Å². The second-order valence-electron chi connectivity index (χ2n) is 3.88. The number of imidazole rings is 1. The lowest BCUT2D eigenvalue weighted by atomic mass is 10.1. The van der Waals surface area contributed by atoms with Gasteiger partial charge in [0.1, 0.15) is 5.82 Å². The minimum atomic E-state index is 0.166. The normalized spacial score (nSPS) is 12.9. The topological polar surface area (TPSA) is 29.9 Å². The molecule has 0 aliphatic heterocycles. The summed E-state index contributed by atoms with van der Waals surface area (Å²) in [6.07, 6.45) is 5.04. The summed E-state index contributed by atoms with van der Waals surface area (Å²) < 4.78 is 3.37. The number of nitrogens with one attached hydrogen (secondary N) is 1. The van der Waals surface area contributed by atoms with Crippen LogP contribution in [0.5, 0.6) is 0 Å². The number of halogens is 1. The summed E-state index contributed by atoms with van der Waals surface area (Å²) in [5.74, 6) is 1.08. The molecule has 0 bridgehead atoms. The van der Waals surface area contributed by atoms with E-state index in [-0.39, 0.29) is 6.04 Å². The molecule has 0 amide bonds. The number of hydrogen-bond donors (Lipinski definition) is 1. The minimum absolute atomic E-state index is 0.166. The maximum absolute atomic E-state index is 4.48. The molecule has 2 aromatic rings. The highest BCUT2D eigenvalue weighted by atomic mass is 79.9. The van der Waals surface area contributed by atoms with Crippen LogP contribution < -0.4 is 5.32 Å². The van der Waals surface area contributed by atoms with Crippen LogP contribution in [0.3, 0.4) is 0 Å². The van der Waals surface area contributed by atoms with Crippen molar-refractivity contribution in [3.05, 3.63) is 39.0 Å². The number of aromatic nitrogens is 2. The van der Waals surface area contributed by atoms with Crippen molar-refractivity contribution in [3.8, 4) is 0 Å². The second-order valence-corrected chi connectivity index (χ2v) is 6.18. The summed E-state index contributed by atoms with van der Waals surface area (Å²) in [6.45, 7) is 3.19. The molecular weight excluding hydrogens is 298 g/mol. The fourth-order valence-corrected chi connectivity index (χ4v) is 3.13. The molecule has 1 unspecified atom stereocenters. The summed E-state index contributed by atoms with van der Waals surface area (Å²) in [7, 11) is 1.97. The van der Waals surface area contributed by atoms with E-state index in [0.29, 0.717) is 0 Å². The summed E-state index contributed by atoms with van der Waals surface area (Å²) >= 11 is 5.21. The highest BCUT2D eigenvalue weighted by Crippen LogP contribution is 2.28. The minimum Gasteiger partial charge on any atom is -0.333 e. The highest BCUT2D eigenvalue weighted by Gasteiger charge is 2.18. The van der Waals surface area contributed by atoms with Crippen molar-refractivity contribution in [1.82, 2.24) is 14.9 Å². The van der Waals surface area contributed by atoms with E-state index in [1.165, 1.54) is 5.56 Å². The van der Waals surface area contributed by atoms with Crippen molar-refractivity contribution in [1.29, 1.82) is 0 Å². The maximum atomic E-state index is 4.48. The number of thiophene rings is 1. The van der Waals surface area contributed by atoms with Gasteiger partial charge in [0.25, 0.3) is 0 Å². The number of nitrogens with zero attached hydrogens (tertiary/aromatic N) is 2. The van der Waals surface area contributed by atoms with Gasteiger partial charge < -0.3 is 9.88 Å². The molecule has 0 spiro atoms. The van der Waals surface area contributed by atoms with Crippen LogP contribution in [-0.2, 0) is 6.54 Å². The zero-order chi connectivity index (χ0) is 12.3. The molecule has 17 heavy (non-hydrogen) atoms. The van der Waals surface area contributed by atoms with Gasteiger partial charge in [0.05, 0.1) is 9.83 Å². The van der Waals surface area contributed by atoms with Gasteiger partial charge in [-0.05, 0) is 46.4 Å². The summed E-state index contributed by atoms with van der Waals surface area (Å²) in [5, 5.41) is 5.50. The van der Waals surface area contributed by atoms with E-state index in [1.807, 2.05) is 19.4 Å². The van der Waals surface area contributed by atoms with Crippen molar-refractivity contribution in [2.45, 2.75) is 25.9 Å². The molecule has 0 radical (unpaired) electrons. The summed E-state index contributed by atoms with van der Waals surface area (Å²) in [6, 6.07) is 2.32. The van der Waals surface area contributed by atoms with E-state index < -0.39 is 0 Å². The average molecular weight is 314 g/mol. The fraction of sp³-hybridized carbons (Fsp3) is 0.417. The Bertz CT molecular complexity index is 478. The molecule has 1 atom stereocenters. The SMILES string of the molecule is CCCn1ccnc1C(NC)c1csc(Br)c1. The average Bonchev–Trinajstić information content (AvgIpc) is 2.91. The van der Waals surface area contributed by atoms with Gasteiger partial charge in [-0.1, -0.05) is 6.92 Å². The summed E-state index contributed by atoms with van der Waals surface area (Å²) in [5.41, 5.74) is 1.26.